The number of aliphatic hydroxyl groups is 1. The van der Waals surface area contributed by atoms with E-state index in [9.17, 15) is 27.9 Å². The van der Waals surface area contributed by atoms with Crippen LogP contribution in [0.4, 0.5) is 24.7 Å². The molecule has 262 valence electrons. The molecule has 6 rings (SSSR count). The summed E-state index contributed by atoms with van der Waals surface area (Å²) >= 11 is 13.8. The third-order valence-corrected chi connectivity index (χ3v) is 9.39. The number of aryl methyl sites for hydroxylation is 1. The van der Waals surface area contributed by atoms with E-state index in [0.717, 1.165) is 14.7 Å². The quantitative estimate of drug-likeness (QED) is 0.185. The lowest BCUT2D eigenvalue weighted by Crippen LogP contribution is -2.46. The van der Waals surface area contributed by atoms with Crippen LogP contribution in [0.3, 0.4) is 0 Å². The number of nitrogens with zero attached hydrogens (tertiary/aromatic N) is 4. The number of benzene rings is 2. The van der Waals surface area contributed by atoms with E-state index in [0.29, 0.717) is 58.9 Å². The predicted molar refractivity (Wildman–Crippen MR) is 184 cm³/mol. The van der Waals surface area contributed by atoms with Gasteiger partial charge >= 0.3 is 11.9 Å². The van der Waals surface area contributed by atoms with Crippen LogP contribution in [-0.4, -0.2) is 56.7 Å². The van der Waals surface area contributed by atoms with E-state index in [1.807, 2.05) is 6.07 Å². The average molecular weight is 732 g/mol. The van der Waals surface area contributed by atoms with Crippen LogP contribution >= 0.6 is 23.2 Å². The predicted octanol–water partition coefficient (Wildman–Crippen LogP) is 5.68. The molecule has 1 aliphatic heterocycles. The van der Waals surface area contributed by atoms with Crippen molar-refractivity contribution >= 4 is 45.6 Å². The van der Waals surface area contributed by atoms with E-state index < -0.39 is 35.0 Å². The first-order valence-corrected chi connectivity index (χ1v) is 16.1. The topological polar surface area (TPSA) is 133 Å². The molecule has 3 aromatic heterocycles. The molecule has 0 spiro atoms. The minimum Gasteiger partial charge on any atom is -0.481 e. The maximum atomic E-state index is 13.9. The zero-order chi connectivity index (χ0) is 35.9. The Bertz CT molecular complexity index is 2230. The van der Waals surface area contributed by atoms with Crippen molar-refractivity contribution < 1.29 is 27.8 Å². The number of aliphatic hydroxyl groups excluding tert-OH is 1. The number of anilines is 2. The standard InChI is InChI=1S/C34H31Cl2F3N6O5/c1-44-24-14-26(34(37,38)39)43-30(27(24)32(47)45(2)33(44)48)41-23-9-5-7-19(29(23)36)18-6-4-8-20(28(18)35)21-11-10-17(31(42-21)49-3)15-40-22-12-13-50-16-25(22)46/h4-11,14,22,25,40,46H,12-13,15-16H2,1-3H3,(H,41,43)/t22-,25+/m1/s1. The molecule has 2 aromatic carbocycles. The minimum atomic E-state index is -4.87. The van der Waals surface area contributed by atoms with Crippen LogP contribution in [0.15, 0.2) is 64.2 Å². The van der Waals surface area contributed by atoms with Crippen LogP contribution in [0.1, 0.15) is 17.7 Å². The number of fused-ring (bicyclic) bond motifs is 1. The second-order valence-electron chi connectivity index (χ2n) is 11.7. The average Bonchev–Trinajstić information content (AvgIpc) is 3.10. The highest BCUT2D eigenvalue weighted by atomic mass is 35.5. The Hall–Kier alpha value is -4.47. The Morgan fingerprint density at radius 1 is 1.00 bits per heavy atom. The lowest BCUT2D eigenvalue weighted by Gasteiger charge is -2.28. The first kappa shape index (κ1) is 35.4. The Morgan fingerprint density at radius 3 is 2.40 bits per heavy atom. The molecule has 16 heteroatoms. The number of aromatic nitrogens is 4. The summed E-state index contributed by atoms with van der Waals surface area (Å²) in [4.78, 5) is 34.1. The Morgan fingerprint density at radius 2 is 1.70 bits per heavy atom. The van der Waals surface area contributed by atoms with Crippen molar-refractivity contribution in [2.45, 2.75) is 31.3 Å². The SMILES string of the molecule is COc1nc(-c2cccc(-c3cccc(Nc4nc(C(F)(F)F)cc5c4c(=O)n(C)c(=O)n5C)c3Cl)c2Cl)ccc1CN[C@@H]1CCOC[C@@H]1O. The molecule has 11 nitrogen and oxygen atoms in total. The van der Waals surface area contributed by atoms with Crippen LogP contribution < -0.4 is 26.6 Å². The zero-order valence-electron chi connectivity index (χ0n) is 26.9. The molecule has 1 fully saturated rings. The summed E-state index contributed by atoms with van der Waals surface area (Å²) < 4.78 is 54.3. The van der Waals surface area contributed by atoms with Crippen LogP contribution in [0, 0.1) is 0 Å². The van der Waals surface area contributed by atoms with Crippen molar-refractivity contribution in [1.82, 2.24) is 24.4 Å². The van der Waals surface area contributed by atoms with Gasteiger partial charge in [0.2, 0.25) is 5.88 Å². The third kappa shape index (κ3) is 6.68. The molecule has 4 heterocycles. The summed E-state index contributed by atoms with van der Waals surface area (Å²) in [7, 11) is 4.00. The van der Waals surface area contributed by atoms with Gasteiger partial charge < -0.3 is 25.2 Å². The number of methoxy groups -OCH3 is 1. The zero-order valence-corrected chi connectivity index (χ0v) is 28.5. The van der Waals surface area contributed by atoms with E-state index in [1.54, 1.807) is 36.4 Å². The third-order valence-electron chi connectivity index (χ3n) is 8.57. The minimum absolute atomic E-state index is 0.0859. The van der Waals surface area contributed by atoms with Crippen LogP contribution in [0.5, 0.6) is 5.88 Å². The van der Waals surface area contributed by atoms with Gasteiger partial charge in [-0.25, -0.2) is 14.8 Å². The molecule has 5 aromatic rings. The second kappa shape index (κ2) is 14.0. The molecule has 0 unspecified atom stereocenters. The summed E-state index contributed by atoms with van der Waals surface area (Å²) in [6.07, 6.45) is -4.82. The lowest BCUT2D eigenvalue weighted by atomic mass is 10.00. The van der Waals surface area contributed by atoms with Gasteiger partial charge in [0.1, 0.15) is 16.9 Å². The van der Waals surface area contributed by atoms with Gasteiger partial charge in [0.05, 0.1) is 46.8 Å². The monoisotopic (exact) mass is 730 g/mol. The highest BCUT2D eigenvalue weighted by Crippen LogP contribution is 2.42. The van der Waals surface area contributed by atoms with Crippen molar-refractivity contribution in [3.8, 4) is 28.3 Å². The van der Waals surface area contributed by atoms with E-state index in [1.165, 1.54) is 27.3 Å². The van der Waals surface area contributed by atoms with Crippen LogP contribution in [0.2, 0.25) is 10.0 Å². The maximum Gasteiger partial charge on any atom is 0.433 e. The first-order valence-electron chi connectivity index (χ1n) is 15.4. The first-order chi connectivity index (χ1) is 23.8. The highest BCUT2D eigenvalue weighted by Gasteiger charge is 2.34. The van der Waals surface area contributed by atoms with E-state index in [-0.39, 0.29) is 34.3 Å². The number of alkyl halides is 3. The van der Waals surface area contributed by atoms with E-state index >= 15 is 0 Å². The van der Waals surface area contributed by atoms with Gasteiger partial charge in [-0.05, 0) is 24.6 Å². The molecule has 1 aliphatic rings. The van der Waals surface area contributed by atoms with Gasteiger partial charge in [-0.2, -0.15) is 13.2 Å². The molecule has 0 aliphatic carbocycles. The smallest absolute Gasteiger partial charge is 0.433 e. The molecule has 0 bridgehead atoms. The number of rotatable bonds is 8. The van der Waals surface area contributed by atoms with Crippen LogP contribution in [0.25, 0.3) is 33.3 Å². The Kier molecular flexibility index (Phi) is 9.93. The molecule has 0 radical (unpaired) electrons. The molecule has 0 amide bonds. The van der Waals surface area contributed by atoms with Gasteiger partial charge in [0.25, 0.3) is 5.56 Å². The summed E-state index contributed by atoms with van der Waals surface area (Å²) in [6, 6.07) is 14.3. The molecule has 0 saturated carbocycles. The largest absolute Gasteiger partial charge is 0.481 e. The Labute approximate surface area is 293 Å². The molecular formula is C34H31Cl2F3N6O5. The van der Waals surface area contributed by atoms with Crippen molar-refractivity contribution in [1.29, 1.82) is 0 Å². The van der Waals surface area contributed by atoms with Gasteiger partial charge in [0, 0.05) is 55.5 Å². The summed E-state index contributed by atoms with van der Waals surface area (Å²) in [5.74, 6) is -0.0613. The number of hydrogen-bond donors (Lipinski definition) is 3. The molecule has 3 N–H and O–H groups in total. The van der Waals surface area contributed by atoms with Gasteiger partial charge in [-0.15, -0.1) is 0 Å². The molecule has 50 heavy (non-hydrogen) atoms. The summed E-state index contributed by atoms with van der Waals surface area (Å²) in [6.45, 7) is 1.23. The maximum absolute atomic E-state index is 13.9. The number of nitrogens with one attached hydrogen (secondary N) is 2. The summed E-state index contributed by atoms with van der Waals surface area (Å²) in [5.41, 5.74) is -0.268. The van der Waals surface area contributed by atoms with E-state index in [4.69, 9.17) is 32.7 Å². The summed E-state index contributed by atoms with van der Waals surface area (Å²) in [5, 5.41) is 16.5. The fourth-order valence-electron chi connectivity index (χ4n) is 5.86. The van der Waals surface area contributed by atoms with Crippen molar-refractivity contribution in [3.63, 3.8) is 0 Å². The van der Waals surface area contributed by atoms with Gasteiger partial charge in [-0.1, -0.05) is 59.6 Å². The number of halogens is 5. The van der Waals surface area contributed by atoms with Crippen LogP contribution in [-0.2, 0) is 31.6 Å². The van der Waals surface area contributed by atoms with Gasteiger partial charge in [-0.3, -0.25) is 13.9 Å². The highest BCUT2D eigenvalue weighted by molar-refractivity contribution is 6.39. The number of hydrogen-bond acceptors (Lipinski definition) is 9. The lowest BCUT2D eigenvalue weighted by molar-refractivity contribution is -0.141. The second-order valence-corrected chi connectivity index (χ2v) is 12.5. The normalized spacial score (nSPS) is 16.5. The fraction of sp³-hybridized carbons (Fsp3) is 0.294. The molecule has 2 atom stereocenters. The van der Waals surface area contributed by atoms with Crippen molar-refractivity contribution in [2.75, 3.05) is 25.6 Å². The Balaban J connectivity index is 1.36. The molecular weight excluding hydrogens is 700 g/mol. The molecule has 1 saturated heterocycles. The fourth-order valence-corrected chi connectivity index (χ4v) is 6.46. The number of pyridine rings is 2. The van der Waals surface area contributed by atoms with E-state index in [2.05, 4.69) is 20.6 Å². The number of ether oxygens (including phenoxy) is 2. The van der Waals surface area contributed by atoms with Crippen molar-refractivity contribution in [3.05, 3.63) is 96.7 Å². The van der Waals surface area contributed by atoms with Crippen molar-refractivity contribution in [2.24, 2.45) is 14.1 Å². The van der Waals surface area contributed by atoms with Gasteiger partial charge in [0.15, 0.2) is 0 Å².